The lowest BCUT2D eigenvalue weighted by Crippen LogP contribution is -2.59. The van der Waals surface area contributed by atoms with Gasteiger partial charge < -0.3 is 18.9 Å². The number of rotatable bonds is 4. The number of esters is 3. The molecule has 6 rings (SSSR count). The number of carbonyl (C=O) groups excluding carboxylic acids is 3. The quantitative estimate of drug-likeness (QED) is 0.461. The zero-order valence-corrected chi connectivity index (χ0v) is 20.7. The molecule has 9 nitrogen and oxygen atoms in total. The summed E-state index contributed by atoms with van der Waals surface area (Å²) in [6, 6.07) is 12.4. The fourth-order valence-corrected chi connectivity index (χ4v) is 6.41. The van der Waals surface area contributed by atoms with Crippen LogP contribution in [-0.2, 0) is 28.6 Å². The summed E-state index contributed by atoms with van der Waals surface area (Å²) in [6.07, 6.45) is 4.14. The molecule has 1 saturated carbocycles. The van der Waals surface area contributed by atoms with Crippen LogP contribution in [0.1, 0.15) is 61.3 Å². The van der Waals surface area contributed by atoms with Gasteiger partial charge in [0.2, 0.25) is 5.41 Å². The second-order valence-electron chi connectivity index (χ2n) is 9.87. The lowest BCUT2D eigenvalue weighted by atomic mass is 9.65. The van der Waals surface area contributed by atoms with Crippen molar-refractivity contribution in [1.29, 1.82) is 0 Å². The second-order valence-corrected chi connectivity index (χ2v) is 9.87. The Hall–Kier alpha value is -3.88. The first kappa shape index (κ1) is 23.5. The molecule has 4 aliphatic rings. The average Bonchev–Trinajstić information content (AvgIpc) is 3.48. The van der Waals surface area contributed by atoms with Crippen molar-refractivity contribution in [2.24, 2.45) is 10.5 Å². The smallest absolute Gasteiger partial charge is 0.331 e. The number of hydrogen-bond acceptors (Lipinski definition) is 9. The van der Waals surface area contributed by atoms with E-state index in [9.17, 15) is 14.4 Å². The standard InChI is InChI=1S/C28H28N2O7/c1-3-35-24(31)22-21(17-10-12-19(34-2)13-11-17)28(23-20-9-5-4-8-18(20)16-29-30(22)23)25(32)36-27(37-26(28)33)14-6-7-15-27/h4-5,8-13,16,21-23H,3,6-7,14-15H2,1-2H3/t21-,22+,23+/m1/s1. The first-order valence-electron chi connectivity index (χ1n) is 12.6. The maximum Gasteiger partial charge on any atom is 0.331 e. The normalized spacial score (nSPS) is 26.4. The van der Waals surface area contributed by atoms with Crippen LogP contribution in [0.4, 0.5) is 0 Å². The van der Waals surface area contributed by atoms with Crippen molar-refractivity contribution < 1.29 is 33.3 Å². The molecule has 2 aromatic carbocycles. The highest BCUT2D eigenvalue weighted by atomic mass is 16.7. The monoisotopic (exact) mass is 504 g/mol. The maximum absolute atomic E-state index is 14.3. The van der Waals surface area contributed by atoms with Gasteiger partial charge in [0.1, 0.15) is 11.8 Å². The molecule has 0 N–H and O–H groups in total. The van der Waals surface area contributed by atoms with E-state index >= 15 is 0 Å². The molecule has 0 aromatic heterocycles. The summed E-state index contributed by atoms with van der Waals surface area (Å²) in [5.41, 5.74) is 0.146. The van der Waals surface area contributed by atoms with E-state index in [1.54, 1.807) is 44.5 Å². The van der Waals surface area contributed by atoms with Gasteiger partial charge in [0.15, 0.2) is 6.04 Å². The number of benzene rings is 2. The third-order valence-electron chi connectivity index (χ3n) is 8.01. The molecule has 192 valence electrons. The van der Waals surface area contributed by atoms with Crippen molar-refractivity contribution in [3.63, 3.8) is 0 Å². The third kappa shape index (κ3) is 3.29. The van der Waals surface area contributed by atoms with E-state index in [1.165, 1.54) is 5.01 Å². The topological polar surface area (TPSA) is 104 Å². The van der Waals surface area contributed by atoms with Gasteiger partial charge in [0.25, 0.3) is 5.79 Å². The largest absolute Gasteiger partial charge is 0.497 e. The Labute approximate surface area is 214 Å². The fourth-order valence-electron chi connectivity index (χ4n) is 6.41. The van der Waals surface area contributed by atoms with Crippen LogP contribution < -0.4 is 4.74 Å². The van der Waals surface area contributed by atoms with Crippen molar-refractivity contribution in [1.82, 2.24) is 5.01 Å². The van der Waals surface area contributed by atoms with Crippen LogP contribution >= 0.6 is 0 Å². The fraction of sp³-hybridized carbons (Fsp3) is 0.429. The van der Waals surface area contributed by atoms with Gasteiger partial charge in [-0.25, -0.2) is 4.79 Å². The summed E-state index contributed by atoms with van der Waals surface area (Å²) in [4.78, 5) is 42.2. The highest BCUT2D eigenvalue weighted by molar-refractivity contribution is 6.06. The van der Waals surface area contributed by atoms with Crippen molar-refractivity contribution in [3.8, 4) is 5.75 Å². The summed E-state index contributed by atoms with van der Waals surface area (Å²) >= 11 is 0. The van der Waals surface area contributed by atoms with Crippen LogP contribution in [0.5, 0.6) is 5.75 Å². The maximum atomic E-state index is 14.3. The van der Waals surface area contributed by atoms with Crippen LogP contribution in [0.3, 0.4) is 0 Å². The number of ether oxygens (including phenoxy) is 4. The average molecular weight is 505 g/mol. The van der Waals surface area contributed by atoms with Crippen molar-refractivity contribution >= 4 is 24.1 Å². The molecule has 0 amide bonds. The molecule has 3 heterocycles. The molecular formula is C28H28N2O7. The Kier molecular flexibility index (Phi) is 5.47. The lowest BCUT2D eigenvalue weighted by Gasteiger charge is -2.45. The van der Waals surface area contributed by atoms with E-state index in [2.05, 4.69) is 5.10 Å². The third-order valence-corrected chi connectivity index (χ3v) is 8.01. The van der Waals surface area contributed by atoms with E-state index in [0.717, 1.165) is 18.4 Å². The van der Waals surface area contributed by atoms with Crippen LogP contribution in [0.2, 0.25) is 0 Å². The Morgan fingerprint density at radius 3 is 2.38 bits per heavy atom. The molecule has 3 fully saturated rings. The van der Waals surface area contributed by atoms with E-state index in [-0.39, 0.29) is 6.61 Å². The summed E-state index contributed by atoms with van der Waals surface area (Å²) in [5.74, 6) is -3.61. The minimum atomic E-state index is -1.88. The van der Waals surface area contributed by atoms with Gasteiger partial charge in [-0.05, 0) is 48.6 Å². The summed E-state index contributed by atoms with van der Waals surface area (Å²) in [7, 11) is 1.55. The molecule has 0 unspecified atom stereocenters. The molecule has 2 spiro atoms. The lowest BCUT2D eigenvalue weighted by molar-refractivity contribution is -0.263. The highest BCUT2D eigenvalue weighted by Crippen LogP contribution is 2.63. The Bertz CT molecular complexity index is 1260. The number of hydrazone groups is 1. The Morgan fingerprint density at radius 1 is 1.05 bits per heavy atom. The van der Waals surface area contributed by atoms with Crippen LogP contribution in [0.15, 0.2) is 53.6 Å². The first-order valence-corrected chi connectivity index (χ1v) is 12.6. The molecular weight excluding hydrogens is 476 g/mol. The van der Waals surface area contributed by atoms with E-state index in [0.29, 0.717) is 29.7 Å². The van der Waals surface area contributed by atoms with Gasteiger partial charge in [0.05, 0.1) is 19.9 Å². The Balaban J connectivity index is 1.60. The van der Waals surface area contributed by atoms with Gasteiger partial charge in [0, 0.05) is 18.8 Å². The van der Waals surface area contributed by atoms with Gasteiger partial charge in [-0.15, -0.1) is 0 Å². The molecule has 0 bridgehead atoms. The molecule has 9 heteroatoms. The van der Waals surface area contributed by atoms with Gasteiger partial charge in [-0.2, -0.15) is 5.10 Å². The number of nitrogens with zero attached hydrogens (tertiary/aromatic N) is 2. The number of methoxy groups -OCH3 is 1. The highest BCUT2D eigenvalue weighted by Gasteiger charge is 2.76. The van der Waals surface area contributed by atoms with Gasteiger partial charge in [-0.1, -0.05) is 36.4 Å². The van der Waals surface area contributed by atoms with Crippen LogP contribution in [0, 0.1) is 5.41 Å². The zero-order valence-electron chi connectivity index (χ0n) is 20.7. The van der Waals surface area contributed by atoms with Crippen LogP contribution in [0.25, 0.3) is 0 Å². The SMILES string of the molecule is CCOC(=O)[C@@H]1[C@@H](c2ccc(OC)cc2)C2(C(=O)OC3(CCCC3)OC2=O)[C@@H]2c3ccccc3C=NN12. The predicted molar refractivity (Wildman–Crippen MR) is 131 cm³/mol. The number of fused-ring (bicyclic) bond motifs is 4. The van der Waals surface area contributed by atoms with E-state index in [1.807, 2.05) is 24.3 Å². The van der Waals surface area contributed by atoms with Gasteiger partial charge >= 0.3 is 17.9 Å². The molecule has 3 atom stereocenters. The second kappa shape index (κ2) is 8.61. The molecule has 0 radical (unpaired) electrons. The molecule has 2 saturated heterocycles. The minimum Gasteiger partial charge on any atom is -0.497 e. The first-order chi connectivity index (χ1) is 17.9. The van der Waals surface area contributed by atoms with E-state index < -0.39 is 47.1 Å². The summed E-state index contributed by atoms with van der Waals surface area (Å²) < 4.78 is 22.9. The molecule has 2 aromatic rings. The molecule has 1 aliphatic carbocycles. The van der Waals surface area contributed by atoms with Crippen LogP contribution in [-0.4, -0.2) is 54.7 Å². The minimum absolute atomic E-state index is 0.133. The zero-order chi connectivity index (χ0) is 25.8. The van der Waals surface area contributed by atoms with E-state index in [4.69, 9.17) is 18.9 Å². The Morgan fingerprint density at radius 2 is 1.73 bits per heavy atom. The number of hydrogen-bond donors (Lipinski definition) is 0. The molecule has 37 heavy (non-hydrogen) atoms. The van der Waals surface area contributed by atoms with Crippen molar-refractivity contribution in [2.75, 3.05) is 13.7 Å². The predicted octanol–water partition coefficient (Wildman–Crippen LogP) is 3.47. The summed E-state index contributed by atoms with van der Waals surface area (Å²) in [5, 5.41) is 6.13. The van der Waals surface area contributed by atoms with Crippen molar-refractivity contribution in [3.05, 3.63) is 65.2 Å². The van der Waals surface area contributed by atoms with Crippen molar-refractivity contribution in [2.45, 2.75) is 56.4 Å². The molecule has 3 aliphatic heterocycles. The summed E-state index contributed by atoms with van der Waals surface area (Å²) in [6.45, 7) is 1.85. The number of carbonyl (C=O) groups is 3. The van der Waals surface area contributed by atoms with Gasteiger partial charge in [-0.3, -0.25) is 14.6 Å².